The molecule has 4 saturated carbocycles. The lowest BCUT2D eigenvalue weighted by Gasteiger charge is -2.68. The molecule has 7 N–H and O–H groups in total. The Labute approximate surface area is 679 Å². The molecule has 2 amide bonds. The smallest absolute Gasteiger partial charge is 0.408 e. The van der Waals surface area contributed by atoms with Gasteiger partial charge in [-0.05, 0) is 141 Å². The number of aliphatic hydroxyl groups excluding tert-OH is 2. The topological polar surface area (TPSA) is 394 Å². The number of aliphatic hydroxyl groups is 5. The fourth-order valence-electron chi connectivity index (χ4n) is 20.8. The molecule has 117 heavy (non-hydrogen) atoms. The number of benzene rings is 2. The van der Waals surface area contributed by atoms with Gasteiger partial charge in [-0.25, -0.2) is 37.5 Å². The number of carbonyl (C=O) groups is 8. The summed E-state index contributed by atoms with van der Waals surface area (Å²) < 4.78 is 116. The Bertz CT molecular complexity index is 4200. The van der Waals surface area contributed by atoms with Gasteiger partial charge >= 0.3 is 48.0 Å². The first-order valence-electron chi connectivity index (χ1n) is 40.1. The Balaban J connectivity index is 0.000000216. The number of carbonyl (C=O) groups excluding carboxylic acids is 8. The molecule has 9 fully saturated rings. The number of likely N-dealkylation sites (tertiary alicyclic amines) is 1. The lowest BCUT2D eigenvalue weighted by Crippen LogP contribution is -2.79. The van der Waals surface area contributed by atoms with Gasteiger partial charge < -0.3 is 102 Å². The lowest BCUT2D eigenvalue weighted by atomic mass is 9.45. The van der Waals surface area contributed by atoms with Crippen molar-refractivity contribution < 1.29 is 139 Å². The molecule has 13 rings (SSSR count). The summed E-state index contributed by atoms with van der Waals surface area (Å²) in [5, 5.41) is 64.5. The predicted molar refractivity (Wildman–Crippen MR) is 408 cm³/mol. The van der Waals surface area contributed by atoms with Gasteiger partial charge in [0.1, 0.15) is 84.6 Å². The average molecular weight is 1650 g/mol. The molecule has 32 heteroatoms. The van der Waals surface area contributed by atoms with Crippen LogP contribution in [0.2, 0.25) is 0 Å². The number of hydrogen-bond donors (Lipinski definition) is 7. The van der Waals surface area contributed by atoms with Crippen molar-refractivity contribution in [2.45, 2.75) is 293 Å². The van der Waals surface area contributed by atoms with Crippen molar-refractivity contribution in [1.82, 2.24) is 15.5 Å². The van der Waals surface area contributed by atoms with Crippen LogP contribution in [-0.4, -0.2) is 262 Å². The number of rotatable bonds is 19. The summed E-state index contributed by atoms with van der Waals surface area (Å²) in [4.78, 5) is 109. The summed E-state index contributed by atoms with van der Waals surface area (Å²) in [6, 6.07) is 13.0. The van der Waals surface area contributed by atoms with Crippen LogP contribution >= 0.6 is 0 Å². The molecule has 0 unspecified atom stereocenters. The molecule has 2 aromatic carbocycles. The zero-order valence-electron chi connectivity index (χ0n) is 69.6. The van der Waals surface area contributed by atoms with E-state index in [1.807, 2.05) is 18.7 Å². The van der Waals surface area contributed by atoms with Crippen LogP contribution in [0.15, 0.2) is 95.6 Å². The van der Waals surface area contributed by atoms with Gasteiger partial charge in [0.2, 0.25) is 0 Å². The van der Waals surface area contributed by atoms with E-state index in [0.717, 1.165) is 0 Å². The second kappa shape index (κ2) is 32.1. The van der Waals surface area contributed by atoms with Gasteiger partial charge in [0.25, 0.3) is 0 Å². The van der Waals surface area contributed by atoms with Crippen molar-refractivity contribution in [1.29, 1.82) is 0 Å². The number of ether oxygens (including phenoxy) is 14. The maximum atomic E-state index is 14.4. The van der Waals surface area contributed by atoms with Gasteiger partial charge in [0.05, 0.1) is 66.1 Å². The molecule has 5 aliphatic heterocycles. The third-order valence-electron chi connectivity index (χ3n) is 26.3. The second-order valence-electron chi connectivity index (χ2n) is 37.3. The Morgan fingerprint density at radius 2 is 0.966 bits per heavy atom. The first-order valence-corrected chi connectivity index (χ1v) is 40.1. The number of nitrogens with zero attached hydrogens (tertiary/aromatic N) is 1. The Morgan fingerprint density at radius 3 is 1.31 bits per heavy atom. The van der Waals surface area contributed by atoms with E-state index in [-0.39, 0.29) is 43.7 Å². The predicted octanol–water partition coefficient (Wildman–Crippen LogP) is 7.38. The quantitative estimate of drug-likeness (QED) is 0.0409. The van der Waals surface area contributed by atoms with Crippen LogP contribution in [-0.2, 0) is 85.5 Å². The van der Waals surface area contributed by atoms with E-state index in [1.165, 1.54) is 19.9 Å². The third-order valence-corrected chi connectivity index (χ3v) is 26.3. The summed E-state index contributed by atoms with van der Waals surface area (Å²) in [5.41, 5.74) is -12.2. The number of alkyl carbamates (subject to hydrolysis) is 2. The molecule has 24 atom stereocenters. The molecule has 0 aromatic heterocycles. The van der Waals surface area contributed by atoms with Crippen LogP contribution < -0.4 is 10.6 Å². The summed E-state index contributed by atoms with van der Waals surface area (Å²) in [6.07, 6.45) is -16.0. The van der Waals surface area contributed by atoms with Crippen LogP contribution in [0.5, 0.6) is 0 Å². The summed E-state index contributed by atoms with van der Waals surface area (Å²) in [5.74, 6) is -7.29. The first-order chi connectivity index (χ1) is 54.5. The summed E-state index contributed by atoms with van der Waals surface area (Å²) in [7, 11) is 0. The third kappa shape index (κ3) is 16.1. The highest BCUT2D eigenvalue weighted by atomic mass is 19.1. The molecule has 5 heterocycles. The highest BCUT2D eigenvalue weighted by Crippen LogP contribution is 2.69. The monoisotopic (exact) mass is 1650 g/mol. The van der Waals surface area contributed by atoms with Crippen molar-refractivity contribution in [2.24, 2.45) is 33.5 Å². The highest BCUT2D eigenvalue weighted by molar-refractivity contribution is 5.90. The Hall–Kier alpha value is -7.60. The highest BCUT2D eigenvalue weighted by Gasteiger charge is 2.80. The van der Waals surface area contributed by atoms with Crippen LogP contribution in [0.4, 0.5) is 18.4 Å². The van der Waals surface area contributed by atoms with E-state index in [0.29, 0.717) is 61.1 Å². The molecule has 30 nitrogen and oxygen atoms in total. The number of amides is 2. The summed E-state index contributed by atoms with van der Waals surface area (Å²) >= 11 is 0. The van der Waals surface area contributed by atoms with Crippen molar-refractivity contribution in [3.63, 3.8) is 0 Å². The first kappa shape index (κ1) is 88.7. The SMILES string of the molecule is C=C[C@@H]1O[C@@H]2C3=C(C)[C@@H](OC(=O)[C@H](O)[C@H](CF)NC(=O)OC(C)(C)C)C[C@@](O)([C@@H](OC(=O)c4ccccc4)[C@H]4[C@@](C)(CC[C@H]5OC[C@]54OC(C)=O)[C@@H]2O1)C3(C)C.CC(=O)O[C@@]12CO[C@@H]1CC[C@@]1(C)[C@@H]3O[C@H](CN4CC(C)(O)C4)O[C@@H]3C3=C(C)[C@@H](OC(=O)[C@H](O)[C@H](CF)NC(=O)OC(C)(C)C)C[C@@](O)([C@@H](OC(=O)c4ccccc4)[C@@H]12)C3(C)C. The number of alkyl halides is 2. The second-order valence-corrected chi connectivity index (χ2v) is 37.3. The largest absolute Gasteiger partial charge is 0.456 e. The molecule has 11 aliphatic rings. The normalized spacial score (nSPS) is 36.9. The number of esters is 6. The van der Waals surface area contributed by atoms with Crippen molar-refractivity contribution in [3.05, 3.63) is 107 Å². The zero-order valence-corrected chi connectivity index (χ0v) is 69.6. The van der Waals surface area contributed by atoms with E-state index in [1.54, 1.807) is 151 Å². The Kier molecular flexibility index (Phi) is 24.3. The van der Waals surface area contributed by atoms with E-state index >= 15 is 0 Å². The fourth-order valence-corrected chi connectivity index (χ4v) is 20.8. The van der Waals surface area contributed by atoms with Gasteiger partial charge in [-0.3, -0.25) is 14.5 Å². The van der Waals surface area contributed by atoms with E-state index < -0.39 is 232 Å². The van der Waals surface area contributed by atoms with Gasteiger partial charge in [-0.2, -0.15) is 0 Å². The average Bonchev–Trinajstić information content (AvgIpc) is 1.64. The number of halogens is 2. The van der Waals surface area contributed by atoms with Crippen LogP contribution in [0.3, 0.4) is 0 Å². The molecule has 4 bridgehead atoms. The molecular formula is C85H115F2N3O27. The molecule has 6 aliphatic carbocycles. The minimum atomic E-state index is -2.20. The number of fused-ring (bicyclic) bond motifs is 16. The van der Waals surface area contributed by atoms with E-state index in [4.69, 9.17) is 66.3 Å². The fraction of sp³-hybridized carbons (Fsp3) is 0.694. The van der Waals surface area contributed by atoms with Crippen molar-refractivity contribution >= 4 is 48.0 Å². The molecule has 5 saturated heterocycles. The minimum Gasteiger partial charge on any atom is -0.456 e. The molecule has 2 aromatic rings. The standard InChI is InChI=1S/C44H61FN2O14.C41H54FNO13/c1-23-27(56-37(51)31(49)26(18-45)46-38(52)61-39(3,4)5)17-44(54)35(59-36(50)25-13-11-10-12-14-25)33-42(9,16-15-28-43(33,22-55-28)60-24(2)48)34-32(30(23)40(44,6)7)57-29(58-34)19-47-20-41(8,53)21-47;1-10-27-52-30-28-21(2)25(51-35(47)29(45)24(19-42)43-36(48)56-37(4,5)6)18-41(49,38(28,7)8)33(54-34(46)23-14-12-11-13-15-23)31-39(9,32(30)53-27)17-16-26-40(31,20-50-26)55-22(3)44/h10-14,26-29,31-35,49,53-54H,15-22H2,1-9H3,(H,46,52);10-15,24-27,29-33,45,49H,1,16-20H2,2-9H3,(H,43,48)/t26-,27-,28+,29+,31+,32+,33-,34+,35-,42+,43-,44+;24-,25-,26+,27+,29+,30+,31-,32+,33-,39+,40-,41+/m00/s1. The zero-order chi connectivity index (χ0) is 85.8. The van der Waals surface area contributed by atoms with Crippen LogP contribution in [0.1, 0.15) is 177 Å². The number of nitrogens with one attached hydrogen (secondary N) is 2. The van der Waals surface area contributed by atoms with Gasteiger partial charge in [0.15, 0.2) is 36.0 Å². The Morgan fingerprint density at radius 1 is 0.581 bits per heavy atom. The summed E-state index contributed by atoms with van der Waals surface area (Å²) in [6.45, 7) is 30.5. The van der Waals surface area contributed by atoms with Gasteiger partial charge in [-0.1, -0.05) is 84.5 Å². The van der Waals surface area contributed by atoms with Gasteiger partial charge in [-0.15, -0.1) is 0 Å². The van der Waals surface area contributed by atoms with Crippen LogP contribution in [0, 0.1) is 33.5 Å². The number of β-amino-alcohol motifs (C(OH)–C–C–N with tert-alkyl or cyclic N) is 1. The van der Waals surface area contributed by atoms with Gasteiger partial charge in [0, 0.05) is 68.0 Å². The molecular weight excluding hydrogens is 1530 g/mol. The van der Waals surface area contributed by atoms with E-state index in [9.17, 15) is 72.7 Å². The maximum absolute atomic E-state index is 14.4. The number of hydrogen-bond acceptors (Lipinski definition) is 28. The van der Waals surface area contributed by atoms with Crippen molar-refractivity contribution in [3.8, 4) is 0 Å². The molecule has 0 spiro atoms. The lowest BCUT2D eigenvalue weighted by molar-refractivity contribution is -0.345. The van der Waals surface area contributed by atoms with Crippen molar-refractivity contribution in [2.75, 3.05) is 46.2 Å². The maximum Gasteiger partial charge on any atom is 0.408 e. The molecule has 646 valence electrons. The van der Waals surface area contributed by atoms with Crippen LogP contribution in [0.25, 0.3) is 0 Å². The molecule has 0 radical (unpaired) electrons. The minimum absolute atomic E-state index is 0.0574. The van der Waals surface area contributed by atoms with E-state index in [2.05, 4.69) is 17.2 Å².